The number of halogens is 4. The van der Waals surface area contributed by atoms with Gasteiger partial charge in [0.25, 0.3) is 0 Å². The smallest absolute Gasteiger partial charge is 0.398 e. The van der Waals surface area contributed by atoms with Crippen LogP contribution in [0.1, 0.15) is 5.56 Å². The van der Waals surface area contributed by atoms with Gasteiger partial charge in [-0.25, -0.2) is 0 Å². The highest BCUT2D eigenvalue weighted by atomic mass is 35.5. The van der Waals surface area contributed by atoms with E-state index in [1.807, 2.05) is 0 Å². The first-order valence-corrected chi connectivity index (χ1v) is 3.96. The first kappa shape index (κ1) is 13.9. The zero-order chi connectivity index (χ0) is 10.9. The molecule has 0 unspecified atom stereocenters. The van der Waals surface area contributed by atoms with Crippen molar-refractivity contribution in [1.29, 1.82) is 0 Å². The van der Waals surface area contributed by atoms with Gasteiger partial charge in [-0.2, -0.15) is 13.2 Å². The van der Waals surface area contributed by atoms with Crippen LogP contribution in [0.5, 0.6) is 0 Å². The molecule has 0 saturated carbocycles. The second kappa shape index (κ2) is 4.61. The number of hydrogen-bond acceptors (Lipinski definition) is 2. The Kier molecular flexibility index (Phi) is 4.27. The number of alkyl halides is 3. The molecular weight excluding hydrogens is 229 g/mol. The average Bonchev–Trinajstić information content (AvgIpc) is 2.02. The van der Waals surface area contributed by atoms with Gasteiger partial charge in [0.15, 0.2) is 0 Å². The van der Waals surface area contributed by atoms with Gasteiger partial charge in [0.05, 0.1) is 5.56 Å². The lowest BCUT2D eigenvalue weighted by Crippen LogP contribution is -2.13. The predicted molar refractivity (Wildman–Crippen MR) is 57.4 cm³/mol. The third-order valence-electron chi connectivity index (χ3n) is 1.86. The Morgan fingerprint density at radius 3 is 2.13 bits per heavy atom. The molecule has 0 saturated heterocycles. The topological polar surface area (TPSA) is 29.3 Å². The molecule has 0 aliphatic heterocycles. The number of nitrogen functional groups attached to an aromatic ring is 1. The van der Waals surface area contributed by atoms with Gasteiger partial charge in [-0.3, -0.25) is 0 Å². The monoisotopic (exact) mass is 240 g/mol. The maximum atomic E-state index is 12.4. The Balaban J connectivity index is 0.00000196. The van der Waals surface area contributed by atoms with Crippen LogP contribution in [0.2, 0.25) is 0 Å². The van der Waals surface area contributed by atoms with Gasteiger partial charge in [0, 0.05) is 25.5 Å². The third-order valence-corrected chi connectivity index (χ3v) is 1.86. The van der Waals surface area contributed by atoms with Crippen molar-refractivity contribution < 1.29 is 13.2 Å². The summed E-state index contributed by atoms with van der Waals surface area (Å²) in [6.07, 6.45) is -4.39. The lowest BCUT2D eigenvalue weighted by atomic mass is 10.1. The maximum absolute atomic E-state index is 12.4. The quantitative estimate of drug-likeness (QED) is 0.765. The molecule has 0 heterocycles. The summed E-state index contributed by atoms with van der Waals surface area (Å²) in [7, 11) is 3.34. The van der Waals surface area contributed by atoms with E-state index in [0.717, 1.165) is 6.07 Å². The van der Waals surface area contributed by atoms with Gasteiger partial charge in [0.1, 0.15) is 0 Å². The van der Waals surface area contributed by atoms with Crippen molar-refractivity contribution in [2.24, 2.45) is 0 Å². The highest BCUT2D eigenvalue weighted by molar-refractivity contribution is 5.85. The molecule has 0 fully saturated rings. The Morgan fingerprint density at radius 1 is 1.20 bits per heavy atom. The van der Waals surface area contributed by atoms with E-state index in [2.05, 4.69) is 0 Å². The van der Waals surface area contributed by atoms with Crippen molar-refractivity contribution in [2.45, 2.75) is 6.18 Å². The molecule has 0 aliphatic rings. The molecule has 2 N–H and O–H groups in total. The molecule has 6 heteroatoms. The van der Waals surface area contributed by atoms with Crippen LogP contribution in [0.3, 0.4) is 0 Å². The van der Waals surface area contributed by atoms with Gasteiger partial charge in [-0.05, 0) is 18.2 Å². The zero-order valence-corrected chi connectivity index (χ0v) is 9.12. The van der Waals surface area contributed by atoms with Crippen LogP contribution in [0, 0.1) is 0 Å². The van der Waals surface area contributed by atoms with E-state index in [1.165, 1.54) is 6.07 Å². The molecule has 2 nitrogen and oxygen atoms in total. The average molecular weight is 241 g/mol. The SMILES string of the molecule is CN(C)c1ccc(N)c(C(F)(F)F)c1.Cl. The normalized spacial score (nSPS) is 10.7. The number of rotatable bonds is 1. The van der Waals surface area contributed by atoms with Gasteiger partial charge >= 0.3 is 6.18 Å². The fourth-order valence-corrected chi connectivity index (χ4v) is 1.07. The van der Waals surface area contributed by atoms with E-state index in [-0.39, 0.29) is 18.1 Å². The van der Waals surface area contributed by atoms with Crippen LogP contribution in [0.25, 0.3) is 0 Å². The number of benzene rings is 1. The van der Waals surface area contributed by atoms with Crippen LogP contribution in [0.15, 0.2) is 18.2 Å². The summed E-state index contributed by atoms with van der Waals surface area (Å²) in [6.45, 7) is 0. The van der Waals surface area contributed by atoms with Gasteiger partial charge in [-0.15, -0.1) is 12.4 Å². The summed E-state index contributed by atoms with van der Waals surface area (Å²) in [5.41, 5.74) is 4.68. The molecule has 1 rings (SSSR count). The van der Waals surface area contributed by atoms with E-state index in [1.54, 1.807) is 25.1 Å². The van der Waals surface area contributed by atoms with E-state index in [0.29, 0.717) is 5.69 Å². The molecule has 0 spiro atoms. The van der Waals surface area contributed by atoms with E-state index in [9.17, 15) is 13.2 Å². The largest absolute Gasteiger partial charge is 0.418 e. The van der Waals surface area contributed by atoms with Crippen LogP contribution in [-0.4, -0.2) is 14.1 Å². The summed E-state index contributed by atoms with van der Waals surface area (Å²) < 4.78 is 37.2. The Bertz CT molecular complexity index is 337. The van der Waals surface area contributed by atoms with E-state index >= 15 is 0 Å². The minimum Gasteiger partial charge on any atom is -0.398 e. The van der Waals surface area contributed by atoms with Gasteiger partial charge in [-0.1, -0.05) is 0 Å². The Morgan fingerprint density at radius 2 is 1.73 bits per heavy atom. The lowest BCUT2D eigenvalue weighted by molar-refractivity contribution is -0.136. The fourth-order valence-electron chi connectivity index (χ4n) is 1.07. The molecular formula is C9H12ClF3N2. The van der Waals surface area contributed by atoms with Crippen LogP contribution < -0.4 is 10.6 Å². The molecule has 1 aromatic rings. The number of anilines is 2. The molecule has 1 aromatic carbocycles. The number of nitrogens with two attached hydrogens (primary N) is 1. The molecule has 0 aromatic heterocycles. The predicted octanol–water partition coefficient (Wildman–Crippen LogP) is 2.78. The molecule has 0 radical (unpaired) electrons. The molecule has 15 heavy (non-hydrogen) atoms. The summed E-state index contributed by atoms with van der Waals surface area (Å²) in [5.74, 6) is 0. The van der Waals surface area contributed by atoms with Gasteiger partial charge in [0.2, 0.25) is 0 Å². The standard InChI is InChI=1S/C9H11F3N2.ClH/c1-14(2)6-3-4-8(13)7(5-6)9(10,11)12;/h3-5H,13H2,1-2H3;1H. The van der Waals surface area contributed by atoms with Gasteiger partial charge < -0.3 is 10.6 Å². The Labute approximate surface area is 92.3 Å². The number of nitrogens with zero attached hydrogens (tertiary/aromatic N) is 1. The third kappa shape index (κ3) is 3.20. The van der Waals surface area contributed by atoms with Crippen molar-refractivity contribution in [3.8, 4) is 0 Å². The van der Waals surface area contributed by atoms with Crippen LogP contribution in [-0.2, 0) is 6.18 Å². The second-order valence-electron chi connectivity index (χ2n) is 3.16. The van der Waals surface area contributed by atoms with Crippen LogP contribution in [0.4, 0.5) is 24.5 Å². The second-order valence-corrected chi connectivity index (χ2v) is 3.16. The first-order chi connectivity index (χ1) is 6.32. The van der Waals surface area contributed by atoms with Crippen molar-refractivity contribution in [3.05, 3.63) is 23.8 Å². The van der Waals surface area contributed by atoms with Crippen molar-refractivity contribution >= 4 is 23.8 Å². The lowest BCUT2D eigenvalue weighted by Gasteiger charge is -2.16. The Hall–Kier alpha value is -1.10. The minimum absolute atomic E-state index is 0. The van der Waals surface area contributed by atoms with Crippen LogP contribution >= 0.6 is 12.4 Å². The fraction of sp³-hybridized carbons (Fsp3) is 0.333. The maximum Gasteiger partial charge on any atom is 0.418 e. The van der Waals surface area contributed by atoms with E-state index < -0.39 is 11.7 Å². The highest BCUT2D eigenvalue weighted by Gasteiger charge is 2.33. The van der Waals surface area contributed by atoms with Crippen molar-refractivity contribution in [3.63, 3.8) is 0 Å². The summed E-state index contributed by atoms with van der Waals surface area (Å²) >= 11 is 0. The summed E-state index contributed by atoms with van der Waals surface area (Å²) in [4.78, 5) is 1.59. The molecule has 86 valence electrons. The van der Waals surface area contributed by atoms with Crippen molar-refractivity contribution in [1.82, 2.24) is 0 Å². The number of hydrogen-bond donors (Lipinski definition) is 1. The molecule has 0 atom stereocenters. The molecule has 0 bridgehead atoms. The summed E-state index contributed by atoms with van der Waals surface area (Å²) in [5, 5.41) is 0. The minimum atomic E-state index is -4.39. The molecule has 0 aliphatic carbocycles. The van der Waals surface area contributed by atoms with Crippen molar-refractivity contribution in [2.75, 3.05) is 24.7 Å². The summed E-state index contributed by atoms with van der Waals surface area (Å²) in [6, 6.07) is 3.85. The zero-order valence-electron chi connectivity index (χ0n) is 8.30. The first-order valence-electron chi connectivity index (χ1n) is 3.96. The highest BCUT2D eigenvalue weighted by Crippen LogP contribution is 2.35. The molecule has 0 amide bonds. The van der Waals surface area contributed by atoms with E-state index in [4.69, 9.17) is 5.73 Å².